The minimum atomic E-state index is -2.81. The lowest BCUT2D eigenvalue weighted by Crippen LogP contribution is -2.46. The van der Waals surface area contributed by atoms with Gasteiger partial charge in [0.2, 0.25) is 0 Å². The lowest BCUT2D eigenvalue weighted by molar-refractivity contribution is 0.0424. The largest absolute Gasteiger partial charge is 0.379 e. The van der Waals surface area contributed by atoms with Gasteiger partial charge in [-0.15, -0.1) is 0 Å². The van der Waals surface area contributed by atoms with Gasteiger partial charge in [0.05, 0.1) is 24.2 Å². The molecule has 2 aliphatic rings. The van der Waals surface area contributed by atoms with Gasteiger partial charge in [-0.25, -0.2) is 8.42 Å². The summed E-state index contributed by atoms with van der Waals surface area (Å²) in [6.45, 7) is 8.61. The van der Waals surface area contributed by atoms with Crippen LogP contribution in [0.2, 0.25) is 0 Å². The number of hydrogen-bond donors (Lipinski definition) is 2. The highest BCUT2D eigenvalue weighted by atomic mass is 32.2. The smallest absolute Gasteiger partial charge is 0.191 e. The molecule has 1 unspecified atom stereocenters. The van der Waals surface area contributed by atoms with E-state index in [4.69, 9.17) is 9.47 Å². The fourth-order valence-electron chi connectivity index (χ4n) is 2.80. The van der Waals surface area contributed by atoms with Crippen molar-refractivity contribution in [2.24, 2.45) is 4.99 Å². The van der Waals surface area contributed by atoms with E-state index in [0.717, 1.165) is 45.0 Å². The van der Waals surface area contributed by atoms with Crippen molar-refractivity contribution in [3.8, 4) is 0 Å². The third-order valence-electron chi connectivity index (χ3n) is 4.32. The van der Waals surface area contributed by atoms with Crippen LogP contribution in [0, 0.1) is 0 Å². The van der Waals surface area contributed by atoms with Gasteiger partial charge in [-0.2, -0.15) is 0 Å². The van der Waals surface area contributed by atoms with E-state index < -0.39 is 9.84 Å². The van der Waals surface area contributed by atoms with E-state index in [0.29, 0.717) is 32.8 Å². The summed E-state index contributed by atoms with van der Waals surface area (Å²) < 4.78 is 33.9. The van der Waals surface area contributed by atoms with Gasteiger partial charge in [0.15, 0.2) is 15.8 Å². The first-order valence-corrected chi connectivity index (χ1v) is 11.1. The monoisotopic (exact) mass is 376 g/mol. The van der Waals surface area contributed by atoms with Crippen molar-refractivity contribution < 1.29 is 17.9 Å². The van der Waals surface area contributed by atoms with E-state index in [2.05, 4.69) is 20.5 Å². The van der Waals surface area contributed by atoms with E-state index in [1.54, 1.807) is 0 Å². The lowest BCUT2D eigenvalue weighted by atomic mass is 10.3. The second kappa shape index (κ2) is 10.9. The van der Waals surface area contributed by atoms with E-state index in [9.17, 15) is 8.42 Å². The molecule has 2 rings (SSSR count). The molecule has 0 aromatic rings. The minimum absolute atomic E-state index is 0.253. The predicted molar refractivity (Wildman–Crippen MR) is 98.9 cm³/mol. The Balaban J connectivity index is 1.58. The van der Waals surface area contributed by atoms with Crippen molar-refractivity contribution in [2.45, 2.75) is 25.9 Å². The molecule has 9 heteroatoms. The molecule has 2 aliphatic heterocycles. The molecular formula is C16H32N4O4S. The van der Waals surface area contributed by atoms with Gasteiger partial charge in [0.25, 0.3) is 0 Å². The number of hydrogen-bond acceptors (Lipinski definition) is 6. The summed E-state index contributed by atoms with van der Waals surface area (Å²) in [7, 11) is -2.81. The molecular weight excluding hydrogens is 344 g/mol. The SMILES string of the molecule is CCNC(=NCCCOC1CCOC1)NCCN1CCS(=O)(=O)CC1. The maximum atomic E-state index is 11.4. The van der Waals surface area contributed by atoms with Crippen LogP contribution in [0.4, 0.5) is 0 Å². The molecule has 0 bridgehead atoms. The zero-order chi connectivity index (χ0) is 18.0. The molecule has 25 heavy (non-hydrogen) atoms. The molecule has 0 aromatic carbocycles. The first kappa shape index (κ1) is 20.4. The highest BCUT2D eigenvalue weighted by Gasteiger charge is 2.20. The summed E-state index contributed by atoms with van der Waals surface area (Å²) in [5.74, 6) is 1.34. The first-order valence-electron chi connectivity index (χ1n) is 9.23. The normalized spacial score (nSPS) is 24.4. The van der Waals surface area contributed by atoms with Gasteiger partial charge in [0, 0.05) is 52.5 Å². The molecule has 2 saturated heterocycles. The van der Waals surface area contributed by atoms with Crippen LogP contribution in [0.15, 0.2) is 4.99 Å². The Morgan fingerprint density at radius 1 is 1.32 bits per heavy atom. The van der Waals surface area contributed by atoms with E-state index >= 15 is 0 Å². The van der Waals surface area contributed by atoms with Crippen LogP contribution in [0.5, 0.6) is 0 Å². The molecule has 0 radical (unpaired) electrons. The minimum Gasteiger partial charge on any atom is -0.379 e. The number of guanidine groups is 1. The molecule has 146 valence electrons. The van der Waals surface area contributed by atoms with Crippen LogP contribution in [0.1, 0.15) is 19.8 Å². The number of rotatable bonds is 9. The molecule has 2 N–H and O–H groups in total. The molecule has 0 saturated carbocycles. The number of ether oxygens (including phenoxy) is 2. The molecule has 2 fully saturated rings. The molecule has 0 spiro atoms. The summed E-state index contributed by atoms with van der Waals surface area (Å²) in [5, 5.41) is 6.54. The van der Waals surface area contributed by atoms with Gasteiger partial charge in [-0.3, -0.25) is 9.89 Å². The third kappa shape index (κ3) is 8.35. The first-order chi connectivity index (χ1) is 12.1. The molecule has 8 nitrogen and oxygen atoms in total. The summed E-state index contributed by atoms with van der Waals surface area (Å²) in [6, 6.07) is 0. The number of sulfone groups is 1. The Labute approximate surface area is 151 Å². The van der Waals surface area contributed by atoms with Crippen LogP contribution >= 0.6 is 0 Å². The van der Waals surface area contributed by atoms with Crippen molar-refractivity contribution in [1.82, 2.24) is 15.5 Å². The summed E-state index contributed by atoms with van der Waals surface area (Å²) in [5.41, 5.74) is 0. The van der Waals surface area contributed by atoms with Crippen molar-refractivity contribution in [3.05, 3.63) is 0 Å². The third-order valence-corrected chi connectivity index (χ3v) is 5.92. The standard InChI is InChI=1S/C16H32N4O4S/c1-2-17-16(18-5-3-10-24-15-4-11-23-14-15)19-6-7-20-8-12-25(21,22)13-9-20/h15H,2-14H2,1H3,(H2,17,18,19). The van der Waals surface area contributed by atoms with Gasteiger partial charge >= 0.3 is 0 Å². The second-order valence-corrected chi connectivity index (χ2v) is 8.69. The second-order valence-electron chi connectivity index (χ2n) is 6.39. The van der Waals surface area contributed by atoms with Gasteiger partial charge < -0.3 is 20.1 Å². The van der Waals surface area contributed by atoms with Gasteiger partial charge in [-0.1, -0.05) is 0 Å². The van der Waals surface area contributed by atoms with Crippen LogP contribution in [0.25, 0.3) is 0 Å². The number of nitrogens with one attached hydrogen (secondary N) is 2. The lowest BCUT2D eigenvalue weighted by Gasteiger charge is -2.26. The summed E-state index contributed by atoms with van der Waals surface area (Å²) in [4.78, 5) is 6.73. The fourth-order valence-corrected chi connectivity index (χ4v) is 4.07. The van der Waals surface area contributed by atoms with Gasteiger partial charge in [0.1, 0.15) is 0 Å². The Morgan fingerprint density at radius 3 is 2.80 bits per heavy atom. The zero-order valence-corrected chi connectivity index (χ0v) is 16.0. The highest BCUT2D eigenvalue weighted by molar-refractivity contribution is 7.91. The van der Waals surface area contributed by atoms with Crippen molar-refractivity contribution in [3.63, 3.8) is 0 Å². The number of aliphatic imine (C=N–C) groups is 1. The van der Waals surface area contributed by atoms with Crippen LogP contribution in [0.3, 0.4) is 0 Å². The molecule has 0 aromatic heterocycles. The summed E-state index contributed by atoms with van der Waals surface area (Å²) >= 11 is 0. The quantitative estimate of drug-likeness (QED) is 0.317. The van der Waals surface area contributed by atoms with E-state index in [1.807, 2.05) is 6.92 Å². The molecule has 0 amide bonds. The summed E-state index contributed by atoms with van der Waals surface area (Å²) in [6.07, 6.45) is 2.13. The Hall–Kier alpha value is -0.900. The Morgan fingerprint density at radius 2 is 2.12 bits per heavy atom. The van der Waals surface area contributed by atoms with Crippen LogP contribution in [-0.2, 0) is 19.3 Å². The van der Waals surface area contributed by atoms with Crippen LogP contribution < -0.4 is 10.6 Å². The predicted octanol–water partition coefficient (Wildman–Crippen LogP) is -0.532. The maximum Gasteiger partial charge on any atom is 0.191 e. The molecule has 0 aliphatic carbocycles. The van der Waals surface area contributed by atoms with E-state index in [1.165, 1.54) is 0 Å². The zero-order valence-electron chi connectivity index (χ0n) is 15.2. The average Bonchev–Trinajstić information content (AvgIpc) is 3.09. The maximum absolute atomic E-state index is 11.4. The average molecular weight is 377 g/mol. The van der Waals surface area contributed by atoms with Crippen molar-refractivity contribution >= 4 is 15.8 Å². The molecule has 1 atom stereocenters. The highest BCUT2D eigenvalue weighted by Crippen LogP contribution is 2.08. The number of nitrogens with zero attached hydrogens (tertiary/aromatic N) is 2. The Kier molecular flexibility index (Phi) is 8.94. The van der Waals surface area contributed by atoms with Crippen LogP contribution in [-0.4, -0.2) is 96.0 Å². The van der Waals surface area contributed by atoms with Crippen molar-refractivity contribution in [2.75, 3.05) is 70.6 Å². The Bertz CT molecular complexity index is 492. The van der Waals surface area contributed by atoms with Gasteiger partial charge in [-0.05, 0) is 19.8 Å². The van der Waals surface area contributed by atoms with E-state index in [-0.39, 0.29) is 17.6 Å². The fraction of sp³-hybridized carbons (Fsp3) is 0.938. The van der Waals surface area contributed by atoms with Crippen molar-refractivity contribution in [1.29, 1.82) is 0 Å². The molecule has 2 heterocycles. The topological polar surface area (TPSA) is 92.3 Å².